The second-order valence-electron chi connectivity index (χ2n) is 3.48. The molecule has 74 valence electrons. The summed E-state index contributed by atoms with van der Waals surface area (Å²) < 4.78 is 0.826. The fourth-order valence-corrected chi connectivity index (χ4v) is 1.92. The van der Waals surface area contributed by atoms with Crippen molar-refractivity contribution in [3.63, 3.8) is 0 Å². The maximum atomic E-state index is 10.2. The van der Waals surface area contributed by atoms with Gasteiger partial charge in [-0.25, -0.2) is 0 Å². The van der Waals surface area contributed by atoms with E-state index < -0.39 is 11.5 Å². The Bertz CT molecular complexity index is 368. The monoisotopic (exact) mass is 253 g/mol. The molecule has 0 heterocycles. The Labute approximate surface area is 92.3 Å². The summed E-state index contributed by atoms with van der Waals surface area (Å²) >= 11 is 3.36. The van der Waals surface area contributed by atoms with Gasteiger partial charge in [0, 0.05) is 4.47 Å². The van der Waals surface area contributed by atoms with Crippen molar-refractivity contribution in [2.75, 3.05) is 0 Å². The summed E-state index contributed by atoms with van der Waals surface area (Å²) in [6.07, 6.45) is 0. The van der Waals surface area contributed by atoms with E-state index in [9.17, 15) is 5.11 Å². The van der Waals surface area contributed by atoms with Gasteiger partial charge in [0.15, 0.2) is 0 Å². The number of nitriles is 1. The molecule has 0 radical (unpaired) electrons. The predicted octanol–water partition coefficient (Wildman–Crippen LogP) is 2.82. The first-order chi connectivity index (χ1) is 6.50. The minimum absolute atomic E-state index is 0.443. The van der Waals surface area contributed by atoms with Crippen molar-refractivity contribution >= 4 is 15.9 Å². The Kier molecular flexibility index (Phi) is 3.30. The van der Waals surface area contributed by atoms with E-state index in [4.69, 9.17) is 5.26 Å². The SMILES string of the molecule is CC(C#N)C(C)(O)c1ccccc1Br. The number of benzene rings is 1. The maximum absolute atomic E-state index is 10.2. The van der Waals surface area contributed by atoms with Crippen molar-refractivity contribution < 1.29 is 5.11 Å². The van der Waals surface area contributed by atoms with Crippen LogP contribution in [0.3, 0.4) is 0 Å². The van der Waals surface area contributed by atoms with Gasteiger partial charge in [-0.05, 0) is 25.5 Å². The van der Waals surface area contributed by atoms with E-state index in [1.807, 2.05) is 24.3 Å². The molecule has 2 atom stereocenters. The third-order valence-electron chi connectivity index (χ3n) is 2.46. The molecule has 1 N–H and O–H groups in total. The highest BCUT2D eigenvalue weighted by Gasteiger charge is 2.31. The first-order valence-corrected chi connectivity index (χ1v) is 5.16. The standard InChI is InChI=1S/C11H12BrNO/c1-8(7-13)11(2,14)9-5-3-4-6-10(9)12/h3-6,8,14H,1-2H3. The van der Waals surface area contributed by atoms with Crippen molar-refractivity contribution in [2.45, 2.75) is 19.4 Å². The number of rotatable bonds is 2. The molecule has 0 bridgehead atoms. The molecule has 2 unspecified atom stereocenters. The van der Waals surface area contributed by atoms with E-state index in [0.29, 0.717) is 0 Å². The fourth-order valence-electron chi connectivity index (χ4n) is 1.23. The molecular weight excluding hydrogens is 242 g/mol. The van der Waals surface area contributed by atoms with Crippen LogP contribution in [0.5, 0.6) is 0 Å². The van der Waals surface area contributed by atoms with Crippen LogP contribution in [0.25, 0.3) is 0 Å². The fraction of sp³-hybridized carbons (Fsp3) is 0.364. The molecule has 0 saturated carbocycles. The van der Waals surface area contributed by atoms with Gasteiger partial charge >= 0.3 is 0 Å². The van der Waals surface area contributed by atoms with Crippen LogP contribution in [0, 0.1) is 17.2 Å². The summed E-state index contributed by atoms with van der Waals surface area (Å²) in [7, 11) is 0. The summed E-state index contributed by atoms with van der Waals surface area (Å²) in [6.45, 7) is 3.36. The van der Waals surface area contributed by atoms with Crippen LogP contribution in [0.2, 0.25) is 0 Å². The molecule has 1 aromatic carbocycles. The highest BCUT2D eigenvalue weighted by molar-refractivity contribution is 9.10. The van der Waals surface area contributed by atoms with Crippen molar-refractivity contribution in [3.8, 4) is 6.07 Å². The van der Waals surface area contributed by atoms with Crippen LogP contribution in [0.1, 0.15) is 19.4 Å². The molecule has 0 aliphatic rings. The molecule has 0 aliphatic carbocycles. The lowest BCUT2D eigenvalue weighted by Gasteiger charge is -2.27. The van der Waals surface area contributed by atoms with Gasteiger partial charge in [-0.3, -0.25) is 0 Å². The summed E-state index contributed by atoms with van der Waals surface area (Å²) in [5, 5.41) is 19.0. The molecule has 14 heavy (non-hydrogen) atoms. The zero-order valence-electron chi connectivity index (χ0n) is 8.16. The van der Waals surface area contributed by atoms with Crippen molar-refractivity contribution in [2.24, 2.45) is 5.92 Å². The number of nitrogens with zero attached hydrogens (tertiary/aromatic N) is 1. The first kappa shape index (κ1) is 11.2. The van der Waals surface area contributed by atoms with E-state index in [1.165, 1.54) is 0 Å². The van der Waals surface area contributed by atoms with Gasteiger partial charge in [0.25, 0.3) is 0 Å². The Morgan fingerprint density at radius 2 is 2.07 bits per heavy atom. The van der Waals surface area contributed by atoms with Crippen LogP contribution in [-0.4, -0.2) is 5.11 Å². The first-order valence-electron chi connectivity index (χ1n) is 4.37. The molecule has 0 saturated heterocycles. The largest absolute Gasteiger partial charge is 0.384 e. The zero-order valence-corrected chi connectivity index (χ0v) is 9.75. The van der Waals surface area contributed by atoms with E-state index in [0.717, 1.165) is 10.0 Å². The quantitative estimate of drug-likeness (QED) is 0.881. The van der Waals surface area contributed by atoms with Gasteiger partial charge < -0.3 is 5.11 Å². The molecule has 0 aromatic heterocycles. The van der Waals surface area contributed by atoms with Crippen LogP contribution < -0.4 is 0 Å². The van der Waals surface area contributed by atoms with Crippen LogP contribution in [0.15, 0.2) is 28.7 Å². The Morgan fingerprint density at radius 1 is 1.50 bits per heavy atom. The van der Waals surface area contributed by atoms with Crippen molar-refractivity contribution in [1.82, 2.24) is 0 Å². The van der Waals surface area contributed by atoms with E-state index in [-0.39, 0.29) is 0 Å². The Morgan fingerprint density at radius 3 is 2.57 bits per heavy atom. The lowest BCUT2D eigenvalue weighted by molar-refractivity contribution is 0.0225. The van der Waals surface area contributed by atoms with Crippen LogP contribution >= 0.6 is 15.9 Å². The average Bonchev–Trinajstić information content (AvgIpc) is 2.17. The minimum atomic E-state index is -1.12. The van der Waals surface area contributed by atoms with Gasteiger partial charge in [-0.15, -0.1) is 0 Å². The molecule has 2 nitrogen and oxygen atoms in total. The number of aliphatic hydroxyl groups is 1. The van der Waals surface area contributed by atoms with Gasteiger partial charge in [0.2, 0.25) is 0 Å². The smallest absolute Gasteiger partial charge is 0.103 e. The lowest BCUT2D eigenvalue weighted by Crippen LogP contribution is -2.29. The van der Waals surface area contributed by atoms with E-state index in [2.05, 4.69) is 22.0 Å². The molecule has 0 spiro atoms. The van der Waals surface area contributed by atoms with Crippen LogP contribution in [-0.2, 0) is 5.60 Å². The number of halogens is 1. The van der Waals surface area contributed by atoms with Gasteiger partial charge in [0.05, 0.1) is 12.0 Å². The highest BCUT2D eigenvalue weighted by atomic mass is 79.9. The Balaban J connectivity index is 3.17. The zero-order chi connectivity index (χ0) is 10.8. The summed E-state index contributed by atoms with van der Waals surface area (Å²) in [6, 6.07) is 9.45. The topological polar surface area (TPSA) is 44.0 Å². The van der Waals surface area contributed by atoms with Crippen molar-refractivity contribution in [1.29, 1.82) is 5.26 Å². The number of hydrogen-bond donors (Lipinski definition) is 1. The molecule has 1 aromatic rings. The summed E-state index contributed by atoms with van der Waals surface area (Å²) in [4.78, 5) is 0. The van der Waals surface area contributed by atoms with Gasteiger partial charge in [-0.1, -0.05) is 34.1 Å². The second-order valence-corrected chi connectivity index (χ2v) is 4.33. The highest BCUT2D eigenvalue weighted by Crippen LogP contribution is 2.33. The summed E-state index contributed by atoms with van der Waals surface area (Å²) in [5.74, 6) is -0.443. The van der Waals surface area contributed by atoms with E-state index >= 15 is 0 Å². The molecule has 1 rings (SSSR count). The third kappa shape index (κ3) is 1.97. The normalized spacial score (nSPS) is 16.8. The molecule has 3 heteroatoms. The number of hydrogen-bond acceptors (Lipinski definition) is 2. The van der Waals surface area contributed by atoms with Crippen molar-refractivity contribution in [3.05, 3.63) is 34.3 Å². The molecule has 0 aliphatic heterocycles. The van der Waals surface area contributed by atoms with Gasteiger partial charge in [0.1, 0.15) is 5.60 Å². The maximum Gasteiger partial charge on any atom is 0.103 e. The van der Waals surface area contributed by atoms with Crippen LogP contribution in [0.4, 0.5) is 0 Å². The summed E-state index contributed by atoms with van der Waals surface area (Å²) in [5.41, 5.74) is -0.372. The minimum Gasteiger partial charge on any atom is -0.384 e. The Hall–Kier alpha value is -0.850. The lowest BCUT2D eigenvalue weighted by atomic mass is 9.85. The molecule has 0 amide bonds. The molecular formula is C11H12BrNO. The molecule has 0 fully saturated rings. The van der Waals surface area contributed by atoms with E-state index in [1.54, 1.807) is 13.8 Å². The average molecular weight is 254 g/mol. The van der Waals surface area contributed by atoms with Gasteiger partial charge in [-0.2, -0.15) is 5.26 Å². The predicted molar refractivity (Wildman–Crippen MR) is 58.5 cm³/mol. The third-order valence-corrected chi connectivity index (χ3v) is 3.15. The second kappa shape index (κ2) is 4.12.